The first kappa shape index (κ1) is 18.9. The van der Waals surface area contributed by atoms with Crippen LogP contribution in [0.4, 0.5) is 9.18 Å². The number of amides is 1. The highest BCUT2D eigenvalue weighted by atomic mass is 19.1. The SMILES string of the molecule is CCCC(CNC(=O)OC(C)(C)C)(C(=O)O)c1ccccc1F. The molecule has 0 spiro atoms. The van der Waals surface area contributed by atoms with Crippen molar-refractivity contribution in [1.29, 1.82) is 0 Å². The molecule has 0 fully saturated rings. The minimum absolute atomic E-state index is 0.0606. The number of hydrogen-bond donors (Lipinski definition) is 2. The summed E-state index contributed by atoms with van der Waals surface area (Å²) in [6.07, 6.45) is -0.00837. The molecule has 23 heavy (non-hydrogen) atoms. The maximum absolute atomic E-state index is 14.2. The van der Waals surface area contributed by atoms with Crippen LogP contribution in [0.25, 0.3) is 0 Å². The highest BCUT2D eigenvalue weighted by Crippen LogP contribution is 2.31. The van der Waals surface area contributed by atoms with Crippen molar-refractivity contribution in [3.63, 3.8) is 0 Å². The van der Waals surface area contributed by atoms with Crippen LogP contribution in [0.2, 0.25) is 0 Å². The van der Waals surface area contributed by atoms with Crippen LogP contribution >= 0.6 is 0 Å². The number of halogens is 1. The molecule has 0 saturated heterocycles. The number of carboxylic acid groups (broad SMARTS) is 1. The lowest BCUT2D eigenvalue weighted by molar-refractivity contribution is -0.144. The number of carbonyl (C=O) groups excluding carboxylic acids is 1. The van der Waals surface area contributed by atoms with E-state index in [-0.39, 0.29) is 18.5 Å². The maximum Gasteiger partial charge on any atom is 0.407 e. The van der Waals surface area contributed by atoms with E-state index in [4.69, 9.17) is 4.74 Å². The van der Waals surface area contributed by atoms with Gasteiger partial charge in [-0.3, -0.25) is 4.79 Å². The summed E-state index contributed by atoms with van der Waals surface area (Å²) in [6.45, 7) is 6.69. The van der Waals surface area contributed by atoms with E-state index in [0.717, 1.165) is 0 Å². The van der Waals surface area contributed by atoms with Crippen molar-refractivity contribution in [2.75, 3.05) is 6.54 Å². The summed E-state index contributed by atoms with van der Waals surface area (Å²) in [5.74, 6) is -1.78. The van der Waals surface area contributed by atoms with E-state index in [1.165, 1.54) is 18.2 Å². The number of nitrogens with one attached hydrogen (secondary N) is 1. The van der Waals surface area contributed by atoms with Gasteiger partial charge >= 0.3 is 12.1 Å². The number of aliphatic carboxylic acids is 1. The topological polar surface area (TPSA) is 75.6 Å². The van der Waals surface area contributed by atoms with Crippen LogP contribution in [-0.4, -0.2) is 29.3 Å². The van der Waals surface area contributed by atoms with E-state index in [9.17, 15) is 19.1 Å². The first-order valence-electron chi connectivity index (χ1n) is 7.57. The maximum atomic E-state index is 14.2. The summed E-state index contributed by atoms with van der Waals surface area (Å²) in [5.41, 5.74) is -2.17. The standard InChI is InChI=1S/C17H24FNO4/c1-5-10-17(14(20)21,12-8-6-7-9-13(12)18)11-19-15(22)23-16(2,3)4/h6-9H,5,10-11H2,1-4H3,(H,19,22)(H,20,21). The molecule has 0 heterocycles. The fraction of sp³-hybridized carbons (Fsp3) is 0.529. The van der Waals surface area contributed by atoms with Gasteiger partial charge in [0.15, 0.2) is 0 Å². The number of benzene rings is 1. The van der Waals surface area contributed by atoms with Gasteiger partial charge in [-0.15, -0.1) is 0 Å². The van der Waals surface area contributed by atoms with Crippen LogP contribution in [-0.2, 0) is 14.9 Å². The Bertz CT molecular complexity index is 568. The number of alkyl carbamates (subject to hydrolysis) is 1. The van der Waals surface area contributed by atoms with Gasteiger partial charge in [-0.2, -0.15) is 0 Å². The average Bonchev–Trinajstić information content (AvgIpc) is 2.42. The molecule has 1 unspecified atom stereocenters. The molecule has 6 heteroatoms. The number of carboxylic acids is 1. The molecule has 2 N–H and O–H groups in total. The summed E-state index contributed by atoms with van der Waals surface area (Å²) in [7, 11) is 0. The molecule has 0 aromatic heterocycles. The van der Waals surface area contributed by atoms with E-state index < -0.39 is 28.9 Å². The first-order valence-corrected chi connectivity index (χ1v) is 7.57. The van der Waals surface area contributed by atoms with E-state index in [1.807, 2.05) is 6.92 Å². The van der Waals surface area contributed by atoms with Gasteiger partial charge in [0.25, 0.3) is 0 Å². The van der Waals surface area contributed by atoms with Gasteiger partial charge in [-0.1, -0.05) is 31.5 Å². The van der Waals surface area contributed by atoms with Crippen molar-refractivity contribution < 1.29 is 23.8 Å². The molecule has 1 aromatic carbocycles. The minimum atomic E-state index is -1.53. The number of carbonyl (C=O) groups is 2. The lowest BCUT2D eigenvalue weighted by Crippen LogP contribution is -2.48. The van der Waals surface area contributed by atoms with Crippen LogP contribution in [0.1, 0.15) is 46.1 Å². The molecule has 1 amide bonds. The second kappa shape index (κ2) is 7.44. The third kappa shape index (κ3) is 4.94. The second-order valence-electron chi connectivity index (χ2n) is 6.47. The summed E-state index contributed by atoms with van der Waals surface area (Å²) in [5, 5.41) is 12.2. The summed E-state index contributed by atoms with van der Waals surface area (Å²) in [4.78, 5) is 23.7. The van der Waals surface area contributed by atoms with Crippen LogP contribution in [0.5, 0.6) is 0 Å². The Kier molecular flexibility index (Phi) is 6.12. The third-order valence-corrected chi connectivity index (χ3v) is 3.41. The van der Waals surface area contributed by atoms with Crippen molar-refractivity contribution in [3.8, 4) is 0 Å². The highest BCUT2D eigenvalue weighted by molar-refractivity contribution is 5.83. The molecule has 5 nitrogen and oxygen atoms in total. The van der Waals surface area contributed by atoms with Gasteiger partial charge in [0.1, 0.15) is 16.8 Å². The van der Waals surface area contributed by atoms with Gasteiger partial charge < -0.3 is 15.2 Å². The Morgan fingerprint density at radius 1 is 1.26 bits per heavy atom. The third-order valence-electron chi connectivity index (χ3n) is 3.41. The van der Waals surface area contributed by atoms with Crippen LogP contribution < -0.4 is 5.32 Å². The Balaban J connectivity index is 3.09. The fourth-order valence-electron chi connectivity index (χ4n) is 2.43. The molecule has 0 aliphatic carbocycles. The number of ether oxygens (including phenoxy) is 1. The normalized spacial score (nSPS) is 14.0. The second-order valence-corrected chi connectivity index (χ2v) is 6.47. The van der Waals surface area contributed by atoms with Crippen molar-refractivity contribution >= 4 is 12.1 Å². The molecular formula is C17H24FNO4. The smallest absolute Gasteiger partial charge is 0.407 e. The Labute approximate surface area is 135 Å². The molecular weight excluding hydrogens is 301 g/mol. The monoisotopic (exact) mass is 325 g/mol. The summed E-state index contributed by atoms with van der Waals surface area (Å²) < 4.78 is 19.3. The van der Waals surface area contributed by atoms with Gasteiger partial charge in [0.2, 0.25) is 0 Å². The van der Waals surface area contributed by atoms with E-state index in [0.29, 0.717) is 6.42 Å². The zero-order valence-electron chi connectivity index (χ0n) is 14.0. The lowest BCUT2D eigenvalue weighted by Gasteiger charge is -2.31. The van der Waals surface area contributed by atoms with Crippen LogP contribution in [0, 0.1) is 5.82 Å². The number of rotatable bonds is 6. The van der Waals surface area contributed by atoms with Crippen molar-refractivity contribution in [1.82, 2.24) is 5.32 Å². The molecule has 0 radical (unpaired) electrons. The lowest BCUT2D eigenvalue weighted by atomic mass is 9.76. The Hall–Kier alpha value is -2.11. The molecule has 128 valence electrons. The molecule has 1 rings (SSSR count). The molecule has 0 aliphatic heterocycles. The van der Waals surface area contributed by atoms with Crippen LogP contribution in [0.15, 0.2) is 24.3 Å². The van der Waals surface area contributed by atoms with E-state index >= 15 is 0 Å². The van der Waals surface area contributed by atoms with Crippen molar-refractivity contribution in [2.24, 2.45) is 0 Å². The fourth-order valence-corrected chi connectivity index (χ4v) is 2.43. The zero-order chi connectivity index (χ0) is 17.7. The van der Waals surface area contributed by atoms with Crippen molar-refractivity contribution in [2.45, 2.75) is 51.6 Å². The average molecular weight is 325 g/mol. The largest absolute Gasteiger partial charge is 0.481 e. The zero-order valence-corrected chi connectivity index (χ0v) is 14.0. The predicted molar refractivity (Wildman–Crippen MR) is 84.9 cm³/mol. The molecule has 0 aliphatic rings. The molecule has 0 bridgehead atoms. The number of hydrogen-bond acceptors (Lipinski definition) is 3. The Morgan fingerprint density at radius 3 is 2.35 bits per heavy atom. The van der Waals surface area contributed by atoms with Gasteiger partial charge in [0.05, 0.1) is 0 Å². The highest BCUT2D eigenvalue weighted by Gasteiger charge is 2.42. The molecule has 0 saturated carbocycles. The van der Waals surface area contributed by atoms with Gasteiger partial charge in [0, 0.05) is 12.1 Å². The first-order chi connectivity index (χ1) is 10.6. The van der Waals surface area contributed by atoms with Gasteiger partial charge in [-0.05, 0) is 33.3 Å². The van der Waals surface area contributed by atoms with Crippen molar-refractivity contribution in [3.05, 3.63) is 35.6 Å². The Morgan fingerprint density at radius 2 is 1.87 bits per heavy atom. The molecule has 1 atom stereocenters. The summed E-state index contributed by atoms with van der Waals surface area (Å²) in [6, 6.07) is 5.74. The summed E-state index contributed by atoms with van der Waals surface area (Å²) >= 11 is 0. The van der Waals surface area contributed by atoms with Gasteiger partial charge in [-0.25, -0.2) is 9.18 Å². The van der Waals surface area contributed by atoms with E-state index in [2.05, 4.69) is 5.32 Å². The molecule has 1 aromatic rings. The minimum Gasteiger partial charge on any atom is -0.481 e. The quantitative estimate of drug-likeness (QED) is 0.839. The van der Waals surface area contributed by atoms with E-state index in [1.54, 1.807) is 26.8 Å². The van der Waals surface area contributed by atoms with Crippen LogP contribution in [0.3, 0.4) is 0 Å². The predicted octanol–water partition coefficient (Wildman–Crippen LogP) is 3.47.